The Morgan fingerprint density at radius 3 is 1.94 bits per heavy atom. The fraction of sp³-hybridized carbons (Fsp3) is 0.200. The molecule has 0 aliphatic carbocycles. The van der Waals surface area contributed by atoms with E-state index in [0.29, 0.717) is 0 Å². The van der Waals surface area contributed by atoms with Gasteiger partial charge in [-0.1, -0.05) is 42.0 Å². The number of nitrogens with two attached hydrogens (primary N) is 1. The van der Waals surface area contributed by atoms with E-state index < -0.39 is 0 Å². The second-order valence-electron chi connectivity index (χ2n) is 4.03. The van der Waals surface area contributed by atoms with E-state index in [-0.39, 0.29) is 0 Å². The first-order chi connectivity index (χ1) is 8.29. The summed E-state index contributed by atoms with van der Waals surface area (Å²) in [5.74, 6) is 0.976. The summed E-state index contributed by atoms with van der Waals surface area (Å²) in [5.41, 5.74) is 9.32. The Hall–Kier alpha value is -1.25. The lowest BCUT2D eigenvalue weighted by Gasteiger charge is -2.04. The van der Waals surface area contributed by atoms with Crippen LogP contribution in [-0.2, 0) is 0 Å². The fourth-order valence-electron chi connectivity index (χ4n) is 1.67. The monoisotopic (exact) mass is 243 g/mol. The number of rotatable bonds is 4. The first-order valence-electron chi connectivity index (χ1n) is 5.79. The molecule has 0 saturated carbocycles. The quantitative estimate of drug-likeness (QED) is 0.828. The molecule has 0 bridgehead atoms. The zero-order valence-corrected chi connectivity index (χ0v) is 10.8. The number of benzene rings is 2. The molecular weight excluding hydrogens is 226 g/mol. The molecule has 0 spiro atoms. The van der Waals surface area contributed by atoms with Gasteiger partial charge in [-0.05, 0) is 30.2 Å². The lowest BCUT2D eigenvalue weighted by Crippen LogP contribution is -2.00. The molecule has 2 aromatic rings. The SMILES string of the molecule is Cc1ccc(-c2ccc(SCCN)cc2)cc1. The third-order valence-corrected chi connectivity index (χ3v) is 3.67. The lowest BCUT2D eigenvalue weighted by molar-refractivity contribution is 1.15. The minimum Gasteiger partial charge on any atom is -0.330 e. The largest absolute Gasteiger partial charge is 0.330 e. The highest BCUT2D eigenvalue weighted by Crippen LogP contribution is 2.24. The molecule has 0 saturated heterocycles. The van der Waals surface area contributed by atoms with Crippen LogP contribution in [0.1, 0.15) is 5.56 Å². The van der Waals surface area contributed by atoms with Gasteiger partial charge in [-0.2, -0.15) is 0 Å². The Morgan fingerprint density at radius 2 is 1.41 bits per heavy atom. The van der Waals surface area contributed by atoms with Crippen molar-refractivity contribution in [3.8, 4) is 11.1 Å². The number of aryl methyl sites for hydroxylation is 1. The molecule has 2 N–H and O–H groups in total. The molecule has 0 radical (unpaired) electrons. The molecule has 17 heavy (non-hydrogen) atoms. The normalized spacial score (nSPS) is 10.5. The Balaban J connectivity index is 2.14. The standard InChI is InChI=1S/C15H17NS/c1-12-2-4-13(5-3-12)14-6-8-15(9-7-14)17-11-10-16/h2-9H,10-11,16H2,1H3. The molecule has 0 aromatic heterocycles. The van der Waals surface area contributed by atoms with Crippen molar-refractivity contribution < 1.29 is 0 Å². The third-order valence-electron chi connectivity index (χ3n) is 2.63. The second-order valence-corrected chi connectivity index (χ2v) is 5.20. The van der Waals surface area contributed by atoms with Crippen LogP contribution in [0.15, 0.2) is 53.4 Å². The highest BCUT2D eigenvalue weighted by atomic mass is 32.2. The van der Waals surface area contributed by atoms with Gasteiger partial charge in [0.25, 0.3) is 0 Å². The van der Waals surface area contributed by atoms with Crippen molar-refractivity contribution in [3.63, 3.8) is 0 Å². The first kappa shape index (κ1) is 12.2. The van der Waals surface area contributed by atoms with Crippen LogP contribution in [0, 0.1) is 6.92 Å². The molecular formula is C15H17NS. The number of hydrogen-bond acceptors (Lipinski definition) is 2. The zero-order valence-electron chi connectivity index (χ0n) is 10.0. The van der Waals surface area contributed by atoms with Crippen molar-refractivity contribution in [2.24, 2.45) is 5.73 Å². The summed E-state index contributed by atoms with van der Waals surface area (Å²) in [6, 6.07) is 17.3. The maximum Gasteiger partial charge on any atom is 0.0103 e. The molecule has 88 valence electrons. The summed E-state index contributed by atoms with van der Waals surface area (Å²) in [7, 11) is 0. The van der Waals surface area contributed by atoms with Gasteiger partial charge in [-0.25, -0.2) is 0 Å². The van der Waals surface area contributed by atoms with Gasteiger partial charge in [-0.3, -0.25) is 0 Å². The Morgan fingerprint density at radius 1 is 0.882 bits per heavy atom. The van der Waals surface area contributed by atoms with Gasteiger partial charge in [-0.15, -0.1) is 11.8 Å². The van der Waals surface area contributed by atoms with Gasteiger partial charge in [0.2, 0.25) is 0 Å². The molecule has 0 amide bonds. The van der Waals surface area contributed by atoms with Crippen LogP contribution in [0.25, 0.3) is 11.1 Å². The van der Waals surface area contributed by atoms with E-state index in [0.717, 1.165) is 12.3 Å². The first-order valence-corrected chi connectivity index (χ1v) is 6.78. The van der Waals surface area contributed by atoms with Gasteiger partial charge in [0, 0.05) is 17.2 Å². The maximum atomic E-state index is 5.49. The Bertz CT molecular complexity index is 459. The molecule has 1 nitrogen and oxygen atoms in total. The third kappa shape index (κ3) is 3.35. The lowest BCUT2D eigenvalue weighted by atomic mass is 10.0. The predicted molar refractivity (Wildman–Crippen MR) is 76.4 cm³/mol. The minimum absolute atomic E-state index is 0.727. The van der Waals surface area contributed by atoms with Crippen molar-refractivity contribution in [1.82, 2.24) is 0 Å². The summed E-state index contributed by atoms with van der Waals surface area (Å²) in [6.07, 6.45) is 0. The zero-order chi connectivity index (χ0) is 12.1. The highest BCUT2D eigenvalue weighted by Gasteiger charge is 1.98. The topological polar surface area (TPSA) is 26.0 Å². The average Bonchev–Trinajstić information content (AvgIpc) is 2.38. The van der Waals surface area contributed by atoms with Crippen LogP contribution in [0.4, 0.5) is 0 Å². The maximum absolute atomic E-state index is 5.49. The van der Waals surface area contributed by atoms with Crippen LogP contribution < -0.4 is 5.73 Å². The van der Waals surface area contributed by atoms with Gasteiger partial charge < -0.3 is 5.73 Å². The van der Waals surface area contributed by atoms with Gasteiger partial charge in [0.1, 0.15) is 0 Å². The molecule has 2 heteroatoms. The molecule has 0 aliphatic rings. The van der Waals surface area contributed by atoms with Crippen molar-refractivity contribution in [2.45, 2.75) is 11.8 Å². The molecule has 0 heterocycles. The second kappa shape index (κ2) is 5.89. The summed E-state index contributed by atoms with van der Waals surface area (Å²) in [6.45, 7) is 2.83. The van der Waals surface area contributed by atoms with E-state index in [2.05, 4.69) is 55.5 Å². The van der Waals surface area contributed by atoms with Crippen LogP contribution in [0.5, 0.6) is 0 Å². The Labute approximate surface area is 107 Å². The van der Waals surface area contributed by atoms with Crippen LogP contribution >= 0.6 is 11.8 Å². The van der Waals surface area contributed by atoms with E-state index in [1.807, 2.05) is 0 Å². The van der Waals surface area contributed by atoms with Gasteiger partial charge in [0.15, 0.2) is 0 Å². The molecule has 0 atom stereocenters. The predicted octanol–water partition coefficient (Wildman–Crippen LogP) is 3.71. The van der Waals surface area contributed by atoms with E-state index in [1.165, 1.54) is 21.6 Å². The smallest absolute Gasteiger partial charge is 0.0103 e. The van der Waals surface area contributed by atoms with Crippen LogP contribution in [0.3, 0.4) is 0 Å². The van der Waals surface area contributed by atoms with E-state index in [9.17, 15) is 0 Å². The highest BCUT2D eigenvalue weighted by molar-refractivity contribution is 7.99. The number of hydrogen-bond donors (Lipinski definition) is 1. The van der Waals surface area contributed by atoms with Crippen LogP contribution in [-0.4, -0.2) is 12.3 Å². The van der Waals surface area contributed by atoms with E-state index in [1.54, 1.807) is 11.8 Å². The minimum atomic E-state index is 0.727. The van der Waals surface area contributed by atoms with Crippen molar-refractivity contribution in [1.29, 1.82) is 0 Å². The van der Waals surface area contributed by atoms with E-state index in [4.69, 9.17) is 5.73 Å². The summed E-state index contributed by atoms with van der Waals surface area (Å²) < 4.78 is 0. The van der Waals surface area contributed by atoms with Crippen molar-refractivity contribution >= 4 is 11.8 Å². The molecule has 0 unspecified atom stereocenters. The molecule has 0 fully saturated rings. The summed E-state index contributed by atoms with van der Waals surface area (Å²) >= 11 is 1.80. The number of thioether (sulfide) groups is 1. The molecule has 0 aliphatic heterocycles. The summed E-state index contributed by atoms with van der Waals surface area (Å²) in [5, 5.41) is 0. The van der Waals surface area contributed by atoms with Crippen LogP contribution in [0.2, 0.25) is 0 Å². The average molecular weight is 243 g/mol. The van der Waals surface area contributed by atoms with Crippen molar-refractivity contribution in [3.05, 3.63) is 54.1 Å². The molecule has 2 aromatic carbocycles. The van der Waals surface area contributed by atoms with Crippen molar-refractivity contribution in [2.75, 3.05) is 12.3 Å². The molecule has 2 rings (SSSR count). The summed E-state index contributed by atoms with van der Waals surface area (Å²) in [4.78, 5) is 1.28. The van der Waals surface area contributed by atoms with Gasteiger partial charge >= 0.3 is 0 Å². The fourth-order valence-corrected chi connectivity index (χ4v) is 2.35. The van der Waals surface area contributed by atoms with Gasteiger partial charge in [0.05, 0.1) is 0 Å². The van der Waals surface area contributed by atoms with E-state index >= 15 is 0 Å². The Kier molecular flexibility index (Phi) is 4.24.